The molecule has 1 heterocycles. The van der Waals surface area contributed by atoms with Crippen LogP contribution < -0.4 is 5.32 Å². The summed E-state index contributed by atoms with van der Waals surface area (Å²) in [6.45, 7) is 6.36. The highest BCUT2D eigenvalue weighted by Gasteiger charge is 2.19. The van der Waals surface area contributed by atoms with Gasteiger partial charge in [0.25, 0.3) is 11.6 Å². The van der Waals surface area contributed by atoms with Crippen LogP contribution in [0.25, 0.3) is 4.85 Å². The van der Waals surface area contributed by atoms with Crippen LogP contribution in [-0.2, 0) is 9.59 Å². The fourth-order valence-electron chi connectivity index (χ4n) is 0.485. The first-order chi connectivity index (χ1) is 4.24. The summed E-state index contributed by atoms with van der Waals surface area (Å²) >= 11 is 0. The monoisotopic (exact) mass is 122 g/mol. The Balaban J connectivity index is 2.97. The van der Waals surface area contributed by atoms with Gasteiger partial charge in [-0.05, 0) is 0 Å². The van der Waals surface area contributed by atoms with E-state index in [2.05, 4.69) is 4.85 Å². The van der Waals surface area contributed by atoms with Crippen LogP contribution in [0.4, 0.5) is 0 Å². The summed E-state index contributed by atoms with van der Waals surface area (Å²) in [4.78, 5) is 23.5. The van der Waals surface area contributed by atoms with Gasteiger partial charge in [-0.3, -0.25) is 14.9 Å². The molecular formula is C5H2N2O2. The van der Waals surface area contributed by atoms with Crippen molar-refractivity contribution in [2.45, 2.75) is 0 Å². The van der Waals surface area contributed by atoms with Crippen LogP contribution in [0.1, 0.15) is 0 Å². The second-order valence-electron chi connectivity index (χ2n) is 1.46. The molecule has 0 atom stereocenters. The van der Waals surface area contributed by atoms with Crippen molar-refractivity contribution in [1.29, 1.82) is 0 Å². The van der Waals surface area contributed by atoms with Crippen LogP contribution in [0.2, 0.25) is 0 Å². The van der Waals surface area contributed by atoms with E-state index in [1.807, 2.05) is 5.32 Å². The van der Waals surface area contributed by atoms with Gasteiger partial charge in [-0.25, -0.2) is 4.85 Å². The molecule has 9 heavy (non-hydrogen) atoms. The standard InChI is InChI=1S/C5H2N2O2/c1-6-3-2-4(8)7-5(3)9/h2H,(H,7,8,9). The molecule has 0 bridgehead atoms. The number of amides is 2. The Morgan fingerprint density at radius 1 is 1.56 bits per heavy atom. The van der Waals surface area contributed by atoms with Gasteiger partial charge in [0.05, 0.1) is 6.57 Å². The van der Waals surface area contributed by atoms with Crippen molar-refractivity contribution in [2.75, 3.05) is 0 Å². The van der Waals surface area contributed by atoms with E-state index in [9.17, 15) is 9.59 Å². The first-order valence-corrected chi connectivity index (χ1v) is 2.18. The lowest BCUT2D eigenvalue weighted by Gasteiger charge is -1.83. The molecule has 0 aromatic carbocycles. The summed E-state index contributed by atoms with van der Waals surface area (Å²) in [6.07, 6.45) is 0.981. The molecular weight excluding hydrogens is 120 g/mol. The predicted molar refractivity (Wildman–Crippen MR) is 27.8 cm³/mol. The van der Waals surface area contributed by atoms with E-state index < -0.39 is 11.8 Å². The summed E-state index contributed by atoms with van der Waals surface area (Å²) in [7, 11) is 0. The van der Waals surface area contributed by atoms with Gasteiger partial charge in [0, 0.05) is 6.08 Å². The van der Waals surface area contributed by atoms with Crippen molar-refractivity contribution >= 4 is 11.8 Å². The van der Waals surface area contributed by atoms with Crippen LogP contribution in [0, 0.1) is 6.57 Å². The van der Waals surface area contributed by atoms with Gasteiger partial charge < -0.3 is 0 Å². The highest BCUT2D eigenvalue weighted by atomic mass is 16.2. The first kappa shape index (κ1) is 5.51. The van der Waals surface area contributed by atoms with Gasteiger partial charge in [-0.2, -0.15) is 0 Å². The molecule has 0 saturated carbocycles. The predicted octanol–water partition coefficient (Wildman–Crippen LogP) is -0.554. The number of hydrogen-bond donors (Lipinski definition) is 1. The average molecular weight is 122 g/mol. The third-order valence-corrected chi connectivity index (χ3v) is 0.858. The Kier molecular flexibility index (Phi) is 1.04. The minimum absolute atomic E-state index is 0.139. The maximum Gasteiger partial charge on any atom is 0.257 e. The molecule has 0 saturated heterocycles. The number of nitrogens with zero attached hydrogens (tertiary/aromatic N) is 1. The third kappa shape index (κ3) is 0.795. The molecule has 1 rings (SSSR count). The molecule has 0 aromatic rings. The Labute approximate surface area is 51.0 Å². The van der Waals surface area contributed by atoms with E-state index >= 15 is 0 Å². The van der Waals surface area contributed by atoms with Gasteiger partial charge in [-0.1, -0.05) is 0 Å². The largest absolute Gasteiger partial charge is 0.299 e. The molecule has 0 aliphatic carbocycles. The topological polar surface area (TPSA) is 50.5 Å². The summed E-state index contributed by atoms with van der Waals surface area (Å²) in [6, 6.07) is 0. The second kappa shape index (κ2) is 1.71. The molecule has 1 aliphatic heterocycles. The quantitative estimate of drug-likeness (QED) is 0.346. The van der Waals surface area contributed by atoms with Crippen LogP contribution in [0.15, 0.2) is 11.8 Å². The summed E-state index contributed by atoms with van der Waals surface area (Å²) < 4.78 is 0. The van der Waals surface area contributed by atoms with Crippen molar-refractivity contribution in [2.24, 2.45) is 0 Å². The van der Waals surface area contributed by atoms with E-state index in [1.54, 1.807) is 0 Å². The van der Waals surface area contributed by atoms with Gasteiger partial charge >= 0.3 is 0 Å². The molecule has 0 fully saturated rings. The van der Waals surface area contributed by atoms with Gasteiger partial charge in [0.2, 0.25) is 5.91 Å². The Morgan fingerprint density at radius 3 is 2.44 bits per heavy atom. The van der Waals surface area contributed by atoms with E-state index in [1.165, 1.54) is 0 Å². The fourth-order valence-corrected chi connectivity index (χ4v) is 0.485. The summed E-state index contributed by atoms with van der Waals surface area (Å²) in [5.74, 6) is -1.11. The van der Waals surface area contributed by atoms with Crippen molar-refractivity contribution < 1.29 is 9.59 Å². The average Bonchev–Trinajstić information content (AvgIpc) is 2.10. The zero-order valence-electron chi connectivity index (χ0n) is 4.34. The molecule has 0 radical (unpaired) electrons. The van der Waals surface area contributed by atoms with Gasteiger partial charge in [0.1, 0.15) is 0 Å². The van der Waals surface area contributed by atoms with Crippen molar-refractivity contribution in [3.8, 4) is 0 Å². The van der Waals surface area contributed by atoms with Crippen LogP contribution in [-0.4, -0.2) is 11.8 Å². The maximum atomic E-state index is 10.4. The maximum absolute atomic E-state index is 10.4. The molecule has 44 valence electrons. The Hall–Kier alpha value is -1.63. The second-order valence-corrected chi connectivity index (χ2v) is 1.46. The first-order valence-electron chi connectivity index (χ1n) is 2.18. The lowest BCUT2D eigenvalue weighted by molar-refractivity contribution is -0.123. The minimum atomic E-state index is -0.602. The lowest BCUT2D eigenvalue weighted by atomic mass is 10.5. The normalized spacial score (nSPS) is 16.6. The van der Waals surface area contributed by atoms with Crippen molar-refractivity contribution in [1.82, 2.24) is 5.32 Å². The number of rotatable bonds is 0. The molecule has 0 aromatic heterocycles. The fraction of sp³-hybridized carbons (Fsp3) is 0. The zero-order chi connectivity index (χ0) is 6.85. The number of imide groups is 1. The Bertz CT molecular complexity index is 246. The number of nitrogens with one attached hydrogen (secondary N) is 1. The molecule has 2 amide bonds. The lowest BCUT2D eigenvalue weighted by Crippen LogP contribution is -2.21. The van der Waals surface area contributed by atoms with Crippen LogP contribution in [0.5, 0.6) is 0 Å². The zero-order valence-corrected chi connectivity index (χ0v) is 4.34. The van der Waals surface area contributed by atoms with Crippen molar-refractivity contribution in [3.63, 3.8) is 0 Å². The van der Waals surface area contributed by atoms with E-state index in [0.29, 0.717) is 0 Å². The highest BCUT2D eigenvalue weighted by Crippen LogP contribution is 2.01. The van der Waals surface area contributed by atoms with Crippen molar-refractivity contribution in [3.05, 3.63) is 23.2 Å². The van der Waals surface area contributed by atoms with E-state index in [4.69, 9.17) is 6.57 Å². The van der Waals surface area contributed by atoms with E-state index in [-0.39, 0.29) is 5.70 Å². The minimum Gasteiger partial charge on any atom is -0.299 e. The summed E-state index contributed by atoms with van der Waals surface area (Å²) in [5, 5.41) is 1.93. The molecule has 4 nitrogen and oxygen atoms in total. The molecule has 1 N–H and O–H groups in total. The molecule has 0 unspecified atom stereocenters. The number of carbonyl (C=O) groups is 2. The molecule has 1 aliphatic rings. The van der Waals surface area contributed by atoms with Crippen LogP contribution in [0.3, 0.4) is 0 Å². The third-order valence-electron chi connectivity index (χ3n) is 0.858. The van der Waals surface area contributed by atoms with Crippen LogP contribution >= 0.6 is 0 Å². The summed E-state index contributed by atoms with van der Waals surface area (Å²) in [5.41, 5.74) is -0.139. The number of carbonyl (C=O) groups excluding carboxylic acids is 2. The Morgan fingerprint density at radius 2 is 2.22 bits per heavy atom. The smallest absolute Gasteiger partial charge is 0.257 e. The van der Waals surface area contributed by atoms with E-state index in [0.717, 1.165) is 6.08 Å². The van der Waals surface area contributed by atoms with Gasteiger partial charge in [0.15, 0.2) is 0 Å². The number of hydrogen-bond acceptors (Lipinski definition) is 2. The van der Waals surface area contributed by atoms with Gasteiger partial charge in [-0.15, -0.1) is 0 Å². The molecule has 4 heteroatoms. The SMILES string of the molecule is [C-]#[N+]C1=CC(=O)NC1=O. The highest BCUT2D eigenvalue weighted by molar-refractivity contribution is 6.17. The molecule has 0 spiro atoms.